The molecule has 1 aliphatic carbocycles. The van der Waals surface area contributed by atoms with E-state index in [9.17, 15) is 9.90 Å². The fourth-order valence-electron chi connectivity index (χ4n) is 4.01. The highest BCUT2D eigenvalue weighted by atomic mass is 79.9. The monoisotopic (exact) mass is 605 g/mol. The molecule has 4 rings (SSSR count). The molecule has 1 heterocycles. The number of benzene rings is 2. The van der Waals surface area contributed by atoms with Crippen LogP contribution in [0.25, 0.3) is 11.4 Å². The first-order valence-electron chi connectivity index (χ1n) is 11.1. The number of carbonyl (C=O) groups excluding carboxylic acids is 1. The van der Waals surface area contributed by atoms with E-state index < -0.39 is 0 Å². The van der Waals surface area contributed by atoms with Crippen molar-refractivity contribution in [1.82, 2.24) is 15.6 Å². The number of hydrazone groups is 1. The first kappa shape index (κ1) is 24.9. The predicted octanol–water partition coefficient (Wildman–Crippen LogP) is 5.02. The minimum absolute atomic E-state index is 0.161. The molecule has 178 valence electrons. The number of aromatic amines is 1. The Kier molecular flexibility index (Phi) is 8.44. The Hall–Kier alpha value is -2.17. The van der Waals surface area contributed by atoms with Crippen molar-refractivity contribution >= 4 is 55.7 Å². The lowest BCUT2D eigenvalue weighted by atomic mass is 9.95. The van der Waals surface area contributed by atoms with Gasteiger partial charge in [0.1, 0.15) is 0 Å². The topological polar surface area (TPSA) is 97.1 Å². The van der Waals surface area contributed by atoms with Crippen LogP contribution in [0.5, 0.6) is 5.75 Å². The lowest BCUT2D eigenvalue weighted by Crippen LogP contribution is -2.43. The first-order chi connectivity index (χ1) is 16.4. The SMILES string of the molecule is Cc1ccc(-c2[nH]nc(SCC(=O)N/N=C/c3cc(Br)cc(Br)c3[O-])[n+]2C2CCCCC2)cc1. The Morgan fingerprint density at radius 2 is 2.00 bits per heavy atom. The van der Waals surface area contributed by atoms with Gasteiger partial charge in [-0.05, 0) is 74.2 Å². The quantitative estimate of drug-likeness (QED) is 0.171. The molecule has 0 aliphatic heterocycles. The Morgan fingerprint density at radius 3 is 2.74 bits per heavy atom. The molecule has 0 radical (unpaired) electrons. The molecular weight excluding hydrogens is 582 g/mol. The van der Waals surface area contributed by atoms with Crippen LogP contribution in [-0.2, 0) is 4.79 Å². The van der Waals surface area contributed by atoms with E-state index in [0.717, 1.165) is 33.9 Å². The Bertz CT molecular complexity index is 1190. The molecule has 0 spiro atoms. The molecule has 2 aromatic carbocycles. The summed E-state index contributed by atoms with van der Waals surface area (Å²) >= 11 is 7.95. The summed E-state index contributed by atoms with van der Waals surface area (Å²) in [5.41, 5.74) is 5.17. The third-order valence-electron chi connectivity index (χ3n) is 5.73. The normalized spacial score (nSPS) is 14.6. The Labute approximate surface area is 219 Å². The maximum absolute atomic E-state index is 12.4. The highest BCUT2D eigenvalue weighted by Gasteiger charge is 2.30. The number of nitrogens with zero attached hydrogens (tertiary/aromatic N) is 3. The van der Waals surface area contributed by atoms with E-state index in [2.05, 4.69) is 88.3 Å². The van der Waals surface area contributed by atoms with Gasteiger partial charge in [0.05, 0.1) is 28.7 Å². The van der Waals surface area contributed by atoms with E-state index in [1.165, 1.54) is 42.8 Å². The Morgan fingerprint density at radius 1 is 1.26 bits per heavy atom. The van der Waals surface area contributed by atoms with Crippen molar-refractivity contribution in [2.24, 2.45) is 5.10 Å². The van der Waals surface area contributed by atoms with Crippen molar-refractivity contribution in [2.75, 3.05) is 5.75 Å². The molecule has 1 aliphatic rings. The molecule has 34 heavy (non-hydrogen) atoms. The zero-order valence-electron chi connectivity index (χ0n) is 18.7. The van der Waals surface area contributed by atoms with Crippen LogP contribution in [0.15, 0.2) is 55.6 Å². The van der Waals surface area contributed by atoms with E-state index in [0.29, 0.717) is 16.1 Å². The zero-order valence-corrected chi connectivity index (χ0v) is 22.7. The molecule has 2 N–H and O–H groups in total. The van der Waals surface area contributed by atoms with Gasteiger partial charge in [-0.2, -0.15) is 5.10 Å². The second-order valence-corrected chi connectivity index (χ2v) is 11.0. The number of nitrogens with one attached hydrogen (secondary N) is 2. The number of H-pyrrole nitrogens is 1. The molecule has 0 saturated heterocycles. The van der Waals surface area contributed by atoms with Crippen LogP contribution in [-0.4, -0.2) is 28.1 Å². The van der Waals surface area contributed by atoms with Gasteiger partial charge < -0.3 is 5.11 Å². The van der Waals surface area contributed by atoms with Gasteiger partial charge in [0.25, 0.3) is 11.7 Å². The minimum Gasteiger partial charge on any atom is -0.871 e. The molecule has 7 nitrogen and oxygen atoms in total. The van der Waals surface area contributed by atoms with Gasteiger partial charge in [0.2, 0.25) is 0 Å². The van der Waals surface area contributed by atoms with Crippen molar-refractivity contribution in [3.63, 3.8) is 0 Å². The molecule has 0 unspecified atom stereocenters. The highest BCUT2D eigenvalue weighted by Crippen LogP contribution is 2.29. The van der Waals surface area contributed by atoms with Gasteiger partial charge in [-0.15, -0.1) is 5.10 Å². The van der Waals surface area contributed by atoms with Crippen molar-refractivity contribution in [2.45, 2.75) is 50.2 Å². The van der Waals surface area contributed by atoms with Crippen LogP contribution in [0.1, 0.15) is 49.3 Å². The van der Waals surface area contributed by atoms with Gasteiger partial charge in [-0.3, -0.25) is 4.79 Å². The van der Waals surface area contributed by atoms with Crippen LogP contribution in [0.4, 0.5) is 0 Å². The van der Waals surface area contributed by atoms with Gasteiger partial charge >= 0.3 is 5.16 Å². The van der Waals surface area contributed by atoms with Crippen molar-refractivity contribution in [3.05, 3.63) is 56.5 Å². The van der Waals surface area contributed by atoms with Crippen LogP contribution >= 0.6 is 43.6 Å². The first-order valence-corrected chi connectivity index (χ1v) is 13.7. The van der Waals surface area contributed by atoms with Crippen LogP contribution in [0.2, 0.25) is 0 Å². The zero-order chi connectivity index (χ0) is 24.1. The fourth-order valence-corrected chi connectivity index (χ4v) is 6.08. The summed E-state index contributed by atoms with van der Waals surface area (Å²) in [6, 6.07) is 12.1. The number of halogens is 2. The predicted molar refractivity (Wildman–Crippen MR) is 139 cm³/mol. The lowest BCUT2D eigenvalue weighted by Gasteiger charge is -2.21. The molecule has 1 aromatic heterocycles. The van der Waals surface area contributed by atoms with Crippen LogP contribution < -0.4 is 15.1 Å². The number of hydrogen-bond acceptors (Lipinski definition) is 5. The lowest BCUT2D eigenvalue weighted by molar-refractivity contribution is -0.749. The molecular formula is C24H25Br2N5O2S. The third-order valence-corrected chi connectivity index (χ3v) is 7.73. The number of thioether (sulfide) groups is 1. The van der Waals surface area contributed by atoms with Gasteiger partial charge in [0, 0.05) is 8.95 Å². The van der Waals surface area contributed by atoms with Crippen molar-refractivity contribution < 1.29 is 14.5 Å². The molecule has 1 fully saturated rings. The number of carbonyl (C=O) groups is 1. The fraction of sp³-hybridized carbons (Fsp3) is 0.333. The number of rotatable bonds is 7. The number of aromatic nitrogens is 3. The van der Waals surface area contributed by atoms with E-state index in [-0.39, 0.29) is 17.4 Å². The maximum Gasteiger partial charge on any atom is 0.337 e. The standard InChI is InChI=1S/C24H25Br2N5O2S/c1-15-7-9-16(10-8-15)23-29-30-24(31(23)19-5-3-2-4-6-19)34-14-21(32)28-27-13-17-11-18(25)12-20(26)22(17)33/h7-13,19H,2-6,14H2,1H3,(H2,27,28,32,33). The van der Waals surface area contributed by atoms with Crippen LogP contribution in [0, 0.1) is 6.92 Å². The highest BCUT2D eigenvalue weighted by molar-refractivity contribution is 9.11. The largest absolute Gasteiger partial charge is 0.871 e. The minimum atomic E-state index is -0.266. The van der Waals surface area contributed by atoms with E-state index in [1.54, 1.807) is 12.1 Å². The average Bonchev–Trinajstić information content (AvgIpc) is 3.25. The summed E-state index contributed by atoms with van der Waals surface area (Å²) in [7, 11) is 0. The summed E-state index contributed by atoms with van der Waals surface area (Å²) < 4.78 is 3.44. The molecule has 0 atom stereocenters. The third kappa shape index (κ3) is 6.09. The van der Waals surface area contributed by atoms with E-state index in [1.807, 2.05) is 0 Å². The molecule has 1 amide bonds. The maximum atomic E-state index is 12.4. The van der Waals surface area contributed by atoms with Gasteiger partial charge in [0.15, 0.2) is 0 Å². The van der Waals surface area contributed by atoms with E-state index >= 15 is 0 Å². The number of hydrogen-bond donors (Lipinski definition) is 2. The summed E-state index contributed by atoms with van der Waals surface area (Å²) in [5.74, 6) is 0.674. The molecule has 1 saturated carbocycles. The van der Waals surface area contributed by atoms with E-state index in [4.69, 9.17) is 0 Å². The molecule has 0 bridgehead atoms. The van der Waals surface area contributed by atoms with Crippen molar-refractivity contribution in [3.8, 4) is 17.1 Å². The van der Waals surface area contributed by atoms with Gasteiger partial charge in [-0.25, -0.2) is 9.99 Å². The Balaban J connectivity index is 1.46. The van der Waals surface area contributed by atoms with Crippen LogP contribution in [0.3, 0.4) is 0 Å². The number of amides is 1. The summed E-state index contributed by atoms with van der Waals surface area (Å²) in [6.45, 7) is 2.07. The van der Waals surface area contributed by atoms with Crippen molar-refractivity contribution in [1.29, 1.82) is 0 Å². The summed E-state index contributed by atoms with van der Waals surface area (Å²) in [4.78, 5) is 12.4. The average molecular weight is 607 g/mol. The summed E-state index contributed by atoms with van der Waals surface area (Å²) in [5, 5.41) is 24.6. The van der Waals surface area contributed by atoms with Gasteiger partial charge in [-0.1, -0.05) is 61.7 Å². The second-order valence-electron chi connectivity index (χ2n) is 8.27. The summed E-state index contributed by atoms with van der Waals surface area (Å²) in [6.07, 6.45) is 7.22. The second kappa shape index (κ2) is 11.5. The number of aryl methyl sites for hydroxylation is 1. The smallest absolute Gasteiger partial charge is 0.337 e. The molecule has 3 aromatic rings. The molecule has 10 heteroatoms.